The predicted octanol–water partition coefficient (Wildman–Crippen LogP) is 3.34. The molecule has 2 aromatic heterocycles. The Hall–Kier alpha value is -2.17. The molecule has 0 unspecified atom stereocenters. The van der Waals surface area contributed by atoms with Crippen molar-refractivity contribution in [3.63, 3.8) is 0 Å². The average molecular weight is 326 g/mol. The number of amides is 1. The van der Waals surface area contributed by atoms with Gasteiger partial charge in [-0.05, 0) is 37.8 Å². The number of hydrogen-bond donors (Lipinski definition) is 1. The Balaban J connectivity index is 1.53. The van der Waals surface area contributed by atoms with Crippen LogP contribution in [-0.2, 0) is 11.3 Å². The van der Waals surface area contributed by atoms with Gasteiger partial charge >= 0.3 is 0 Å². The van der Waals surface area contributed by atoms with Gasteiger partial charge in [0.05, 0.1) is 0 Å². The van der Waals surface area contributed by atoms with Crippen molar-refractivity contribution in [1.29, 1.82) is 0 Å². The number of aryl methyl sites for hydroxylation is 1. The molecule has 1 saturated carbocycles. The summed E-state index contributed by atoms with van der Waals surface area (Å²) in [6, 6.07) is 3.92. The Morgan fingerprint density at radius 1 is 1.29 bits per heavy atom. The lowest BCUT2D eigenvalue weighted by molar-refractivity contribution is -0.122. The van der Waals surface area contributed by atoms with E-state index in [1.54, 1.807) is 6.20 Å². The van der Waals surface area contributed by atoms with Crippen molar-refractivity contribution >= 4 is 5.91 Å². The van der Waals surface area contributed by atoms with Crippen molar-refractivity contribution in [2.75, 3.05) is 6.54 Å². The Bertz CT molecular complexity index is 659. The molecule has 0 aromatic carbocycles. The lowest BCUT2D eigenvalue weighted by Gasteiger charge is -2.21. The Morgan fingerprint density at radius 2 is 2.12 bits per heavy atom. The highest BCUT2D eigenvalue weighted by Gasteiger charge is 2.17. The molecule has 1 amide bonds. The van der Waals surface area contributed by atoms with Gasteiger partial charge in [-0.3, -0.25) is 9.78 Å². The van der Waals surface area contributed by atoms with E-state index in [1.807, 2.05) is 31.5 Å². The van der Waals surface area contributed by atoms with E-state index in [-0.39, 0.29) is 5.91 Å². The number of carbonyl (C=O) groups excluding carboxylic acids is 1. The molecule has 1 aliphatic carbocycles. The number of aromatic nitrogens is 3. The van der Waals surface area contributed by atoms with Gasteiger partial charge in [0.2, 0.25) is 5.91 Å². The third-order valence-electron chi connectivity index (χ3n) is 4.83. The molecule has 1 fully saturated rings. The van der Waals surface area contributed by atoms with Crippen molar-refractivity contribution in [1.82, 2.24) is 19.9 Å². The monoisotopic (exact) mass is 326 g/mol. The van der Waals surface area contributed by atoms with Crippen LogP contribution < -0.4 is 5.32 Å². The number of nitrogens with zero attached hydrogens (tertiary/aromatic N) is 3. The van der Waals surface area contributed by atoms with Crippen LogP contribution in [0.4, 0.5) is 0 Å². The SMILES string of the molecule is Cc1cnc(-c2cccnc2)n1CCNC(=O)CC1CCCCC1. The number of nitrogens with one attached hydrogen (secondary N) is 1. The van der Waals surface area contributed by atoms with Crippen molar-refractivity contribution in [2.24, 2.45) is 5.92 Å². The molecule has 128 valence electrons. The summed E-state index contributed by atoms with van der Waals surface area (Å²) in [6.07, 6.45) is 12.4. The number of pyridine rings is 1. The summed E-state index contributed by atoms with van der Waals surface area (Å²) >= 11 is 0. The van der Waals surface area contributed by atoms with E-state index in [1.165, 1.54) is 32.1 Å². The zero-order valence-electron chi connectivity index (χ0n) is 14.4. The van der Waals surface area contributed by atoms with Crippen LogP contribution in [-0.4, -0.2) is 27.0 Å². The minimum Gasteiger partial charge on any atom is -0.354 e. The van der Waals surface area contributed by atoms with Crippen LogP contribution in [0.15, 0.2) is 30.7 Å². The van der Waals surface area contributed by atoms with E-state index < -0.39 is 0 Å². The molecule has 0 atom stereocenters. The van der Waals surface area contributed by atoms with Crippen molar-refractivity contribution in [3.8, 4) is 11.4 Å². The molecule has 0 bridgehead atoms. The third-order valence-corrected chi connectivity index (χ3v) is 4.83. The fourth-order valence-electron chi connectivity index (χ4n) is 3.50. The molecule has 1 aliphatic rings. The second-order valence-corrected chi connectivity index (χ2v) is 6.67. The van der Waals surface area contributed by atoms with Crippen molar-refractivity contribution < 1.29 is 4.79 Å². The van der Waals surface area contributed by atoms with Crippen LogP contribution in [0, 0.1) is 12.8 Å². The van der Waals surface area contributed by atoms with Crippen LogP contribution in [0.25, 0.3) is 11.4 Å². The highest BCUT2D eigenvalue weighted by Crippen LogP contribution is 2.26. The molecular formula is C19H26N4O. The van der Waals surface area contributed by atoms with E-state index in [0.717, 1.165) is 23.6 Å². The van der Waals surface area contributed by atoms with E-state index in [2.05, 4.69) is 19.9 Å². The first-order valence-corrected chi connectivity index (χ1v) is 8.93. The molecule has 5 heteroatoms. The summed E-state index contributed by atoms with van der Waals surface area (Å²) in [5, 5.41) is 3.07. The van der Waals surface area contributed by atoms with Gasteiger partial charge in [-0.15, -0.1) is 0 Å². The fraction of sp³-hybridized carbons (Fsp3) is 0.526. The number of carbonyl (C=O) groups is 1. The summed E-state index contributed by atoms with van der Waals surface area (Å²) in [5.74, 6) is 1.67. The largest absolute Gasteiger partial charge is 0.354 e. The Morgan fingerprint density at radius 3 is 2.88 bits per heavy atom. The summed E-state index contributed by atoms with van der Waals surface area (Å²) < 4.78 is 2.14. The average Bonchev–Trinajstić information content (AvgIpc) is 2.97. The van der Waals surface area contributed by atoms with Crippen molar-refractivity contribution in [2.45, 2.75) is 52.0 Å². The molecule has 5 nitrogen and oxygen atoms in total. The lowest BCUT2D eigenvalue weighted by atomic mass is 9.87. The van der Waals surface area contributed by atoms with Gasteiger partial charge in [0, 0.05) is 49.4 Å². The standard InChI is InChI=1S/C19H26N4O/c1-15-13-22-19(17-8-5-9-20-14-17)23(15)11-10-21-18(24)12-16-6-3-2-4-7-16/h5,8-9,13-14,16H,2-4,6-7,10-12H2,1H3,(H,21,24). The van der Waals surface area contributed by atoms with Gasteiger partial charge in [0.15, 0.2) is 0 Å². The topological polar surface area (TPSA) is 59.8 Å². The first-order valence-electron chi connectivity index (χ1n) is 8.93. The molecule has 1 N–H and O–H groups in total. The second kappa shape index (κ2) is 8.08. The zero-order chi connectivity index (χ0) is 16.8. The predicted molar refractivity (Wildman–Crippen MR) is 94.4 cm³/mol. The van der Waals surface area contributed by atoms with Crippen molar-refractivity contribution in [3.05, 3.63) is 36.4 Å². The van der Waals surface area contributed by atoms with Crippen LogP contribution in [0.1, 0.15) is 44.2 Å². The fourth-order valence-corrected chi connectivity index (χ4v) is 3.50. The number of imidazole rings is 1. The van der Waals surface area contributed by atoms with E-state index in [4.69, 9.17) is 0 Å². The smallest absolute Gasteiger partial charge is 0.220 e. The highest BCUT2D eigenvalue weighted by molar-refractivity contribution is 5.76. The van der Waals surface area contributed by atoms with E-state index in [0.29, 0.717) is 18.9 Å². The van der Waals surface area contributed by atoms with Gasteiger partial charge in [0.25, 0.3) is 0 Å². The molecule has 0 radical (unpaired) electrons. The molecule has 0 saturated heterocycles. The normalized spacial score (nSPS) is 15.4. The first kappa shape index (κ1) is 16.7. The molecular weight excluding hydrogens is 300 g/mol. The molecule has 0 aliphatic heterocycles. The lowest BCUT2D eigenvalue weighted by Crippen LogP contribution is -2.29. The first-order chi connectivity index (χ1) is 11.7. The minimum absolute atomic E-state index is 0.183. The van der Waals surface area contributed by atoms with Gasteiger partial charge < -0.3 is 9.88 Å². The quantitative estimate of drug-likeness (QED) is 0.885. The van der Waals surface area contributed by atoms with E-state index >= 15 is 0 Å². The molecule has 0 spiro atoms. The van der Waals surface area contributed by atoms with E-state index in [9.17, 15) is 4.79 Å². The molecule has 2 aromatic rings. The maximum atomic E-state index is 12.1. The Kier molecular flexibility index (Phi) is 5.62. The van der Waals surface area contributed by atoms with Crippen LogP contribution in [0.5, 0.6) is 0 Å². The number of hydrogen-bond acceptors (Lipinski definition) is 3. The maximum absolute atomic E-state index is 12.1. The van der Waals surface area contributed by atoms with Gasteiger partial charge in [0.1, 0.15) is 5.82 Å². The summed E-state index contributed by atoms with van der Waals surface area (Å²) in [4.78, 5) is 20.8. The second-order valence-electron chi connectivity index (χ2n) is 6.67. The summed E-state index contributed by atoms with van der Waals surface area (Å²) in [6.45, 7) is 3.40. The maximum Gasteiger partial charge on any atom is 0.220 e. The van der Waals surface area contributed by atoms with Crippen LogP contribution in [0.3, 0.4) is 0 Å². The van der Waals surface area contributed by atoms with Gasteiger partial charge in [-0.25, -0.2) is 4.98 Å². The van der Waals surface area contributed by atoms with Gasteiger partial charge in [-0.1, -0.05) is 19.3 Å². The zero-order valence-corrected chi connectivity index (χ0v) is 14.4. The minimum atomic E-state index is 0.183. The Labute approximate surface area is 143 Å². The summed E-state index contributed by atoms with van der Waals surface area (Å²) in [5.41, 5.74) is 2.09. The summed E-state index contributed by atoms with van der Waals surface area (Å²) in [7, 11) is 0. The van der Waals surface area contributed by atoms with Gasteiger partial charge in [-0.2, -0.15) is 0 Å². The third kappa shape index (κ3) is 4.22. The molecule has 24 heavy (non-hydrogen) atoms. The highest BCUT2D eigenvalue weighted by atomic mass is 16.1. The molecule has 2 heterocycles. The van der Waals surface area contributed by atoms with Crippen LogP contribution in [0.2, 0.25) is 0 Å². The molecule has 3 rings (SSSR count). The number of rotatable bonds is 6. The van der Waals surface area contributed by atoms with Crippen LogP contribution >= 0.6 is 0 Å².